The summed E-state index contributed by atoms with van der Waals surface area (Å²) in [7, 11) is 1.30. The minimum Gasteiger partial charge on any atom is -0.490 e. The van der Waals surface area contributed by atoms with Crippen molar-refractivity contribution < 1.29 is 28.5 Å². The summed E-state index contributed by atoms with van der Waals surface area (Å²) in [6.07, 6.45) is 0.271. The third-order valence-corrected chi connectivity index (χ3v) is 7.56. The smallest absolute Gasteiger partial charge is 0.328 e. The molecular weight excluding hydrogens is 564 g/mol. The van der Waals surface area contributed by atoms with E-state index in [2.05, 4.69) is 10.3 Å². The minimum absolute atomic E-state index is 0.271. The average molecular weight is 597 g/mol. The van der Waals surface area contributed by atoms with Crippen LogP contribution in [0.25, 0.3) is 10.2 Å². The predicted molar refractivity (Wildman–Crippen MR) is 166 cm³/mol. The van der Waals surface area contributed by atoms with Crippen molar-refractivity contribution >= 4 is 33.4 Å². The van der Waals surface area contributed by atoms with Gasteiger partial charge >= 0.3 is 5.97 Å². The Kier molecular flexibility index (Phi) is 9.86. The summed E-state index contributed by atoms with van der Waals surface area (Å²) >= 11 is 1.65. The van der Waals surface area contributed by atoms with E-state index in [0.29, 0.717) is 36.9 Å². The van der Waals surface area contributed by atoms with Crippen molar-refractivity contribution in [1.29, 1.82) is 0 Å². The number of aryl methyl sites for hydroxylation is 1. The van der Waals surface area contributed by atoms with Gasteiger partial charge in [0.25, 0.3) is 5.91 Å². The van der Waals surface area contributed by atoms with Gasteiger partial charge in [0, 0.05) is 18.1 Å². The third kappa shape index (κ3) is 8.33. The van der Waals surface area contributed by atoms with Crippen LogP contribution in [-0.2, 0) is 22.6 Å². The number of esters is 1. The lowest BCUT2D eigenvalue weighted by molar-refractivity contribution is -0.142. The highest BCUT2D eigenvalue weighted by Gasteiger charge is 2.23. The third-order valence-electron chi connectivity index (χ3n) is 6.61. The maximum absolute atomic E-state index is 13.0. The maximum Gasteiger partial charge on any atom is 0.328 e. The molecule has 0 aliphatic rings. The van der Waals surface area contributed by atoms with Crippen molar-refractivity contribution in [2.45, 2.75) is 26.0 Å². The molecule has 1 N–H and O–H groups in total. The van der Waals surface area contributed by atoms with Crippen LogP contribution < -0.4 is 19.5 Å². The summed E-state index contributed by atoms with van der Waals surface area (Å²) < 4.78 is 23.5. The minimum atomic E-state index is -0.853. The van der Waals surface area contributed by atoms with E-state index < -0.39 is 12.0 Å². The standard InChI is InChI=1S/C34H32N2O6S/c1-23-35-30-21-29(16-17-32(30)43-23)41-19-18-40-27-14-10-26(11-15-27)33(37)36-31(34(38)39-2)20-24-8-12-28(13-9-24)42-22-25-6-4-3-5-7-25/h3-17,21,31H,18-20,22H2,1-2H3,(H,36,37)/t31-/m0/s1. The Morgan fingerprint density at radius 1 is 0.791 bits per heavy atom. The molecule has 0 unspecified atom stereocenters. The van der Waals surface area contributed by atoms with Gasteiger partial charge in [-0.3, -0.25) is 4.79 Å². The number of ether oxygens (including phenoxy) is 4. The number of benzene rings is 4. The predicted octanol–water partition coefficient (Wildman–Crippen LogP) is 6.16. The Morgan fingerprint density at radius 2 is 1.44 bits per heavy atom. The first-order valence-electron chi connectivity index (χ1n) is 13.8. The SMILES string of the molecule is COC(=O)[C@H](Cc1ccc(OCc2ccccc2)cc1)NC(=O)c1ccc(OCCOc2ccc3sc(C)nc3c2)cc1. The largest absolute Gasteiger partial charge is 0.490 e. The Morgan fingerprint density at radius 3 is 2.16 bits per heavy atom. The van der Waals surface area contributed by atoms with Gasteiger partial charge in [0.1, 0.15) is 43.1 Å². The zero-order chi connectivity index (χ0) is 30.0. The summed E-state index contributed by atoms with van der Waals surface area (Å²) in [5.41, 5.74) is 3.25. The molecule has 1 atom stereocenters. The van der Waals surface area contributed by atoms with Gasteiger partial charge in [-0.15, -0.1) is 11.3 Å². The fourth-order valence-corrected chi connectivity index (χ4v) is 5.22. The van der Waals surface area contributed by atoms with Gasteiger partial charge in [-0.25, -0.2) is 9.78 Å². The number of carbonyl (C=O) groups excluding carboxylic acids is 2. The zero-order valence-corrected chi connectivity index (χ0v) is 24.8. The molecular formula is C34H32N2O6S. The van der Waals surface area contributed by atoms with E-state index >= 15 is 0 Å². The van der Waals surface area contributed by atoms with Crippen molar-refractivity contribution in [1.82, 2.24) is 10.3 Å². The van der Waals surface area contributed by atoms with E-state index in [0.717, 1.165) is 32.1 Å². The lowest BCUT2D eigenvalue weighted by Gasteiger charge is -2.17. The molecule has 0 fully saturated rings. The van der Waals surface area contributed by atoms with Crippen LogP contribution in [0.1, 0.15) is 26.5 Å². The molecule has 0 saturated carbocycles. The van der Waals surface area contributed by atoms with Gasteiger partial charge in [0.15, 0.2) is 0 Å². The van der Waals surface area contributed by atoms with Crippen molar-refractivity contribution in [3.05, 3.63) is 119 Å². The molecule has 0 aliphatic heterocycles. The van der Waals surface area contributed by atoms with E-state index in [4.69, 9.17) is 18.9 Å². The van der Waals surface area contributed by atoms with Gasteiger partial charge in [-0.1, -0.05) is 42.5 Å². The van der Waals surface area contributed by atoms with Gasteiger partial charge in [0.05, 0.1) is 22.3 Å². The second-order valence-corrected chi connectivity index (χ2v) is 11.0. The van der Waals surface area contributed by atoms with Crippen LogP contribution in [-0.4, -0.2) is 43.2 Å². The van der Waals surface area contributed by atoms with Crippen LogP contribution in [0.5, 0.6) is 17.2 Å². The van der Waals surface area contributed by atoms with E-state index in [-0.39, 0.29) is 12.3 Å². The van der Waals surface area contributed by atoms with E-state index in [9.17, 15) is 9.59 Å². The quantitative estimate of drug-likeness (QED) is 0.129. The Bertz CT molecular complexity index is 1650. The van der Waals surface area contributed by atoms with Crippen LogP contribution in [0.4, 0.5) is 0 Å². The normalized spacial score (nSPS) is 11.5. The number of hydrogen-bond donors (Lipinski definition) is 1. The van der Waals surface area contributed by atoms with Crippen molar-refractivity contribution in [3.8, 4) is 17.2 Å². The molecule has 5 aromatic rings. The number of nitrogens with zero attached hydrogens (tertiary/aromatic N) is 1. The second kappa shape index (κ2) is 14.3. The monoisotopic (exact) mass is 596 g/mol. The first-order chi connectivity index (χ1) is 21.0. The number of amides is 1. The molecule has 9 heteroatoms. The molecule has 220 valence electrons. The number of aromatic nitrogens is 1. The Balaban J connectivity index is 1.09. The molecule has 43 heavy (non-hydrogen) atoms. The topological polar surface area (TPSA) is 96.0 Å². The Labute approximate surface area is 254 Å². The number of nitrogens with one attached hydrogen (secondary N) is 1. The van der Waals surface area contributed by atoms with Crippen LogP contribution in [0, 0.1) is 6.92 Å². The van der Waals surface area contributed by atoms with Gasteiger partial charge in [-0.2, -0.15) is 0 Å². The number of thiazole rings is 1. The number of hydrogen-bond acceptors (Lipinski definition) is 8. The van der Waals surface area contributed by atoms with Crippen molar-refractivity contribution in [3.63, 3.8) is 0 Å². The highest BCUT2D eigenvalue weighted by Crippen LogP contribution is 2.25. The van der Waals surface area contributed by atoms with Crippen LogP contribution in [0.3, 0.4) is 0 Å². The van der Waals surface area contributed by atoms with Gasteiger partial charge < -0.3 is 24.3 Å². The molecule has 0 saturated heterocycles. The lowest BCUT2D eigenvalue weighted by atomic mass is 10.0. The number of methoxy groups -OCH3 is 1. The van der Waals surface area contributed by atoms with E-state index in [1.54, 1.807) is 35.6 Å². The van der Waals surface area contributed by atoms with Gasteiger partial charge in [-0.05, 0) is 66.6 Å². The Hall–Kier alpha value is -4.89. The molecule has 8 nitrogen and oxygen atoms in total. The molecule has 0 spiro atoms. The highest BCUT2D eigenvalue weighted by molar-refractivity contribution is 7.18. The number of carbonyl (C=O) groups is 2. The maximum atomic E-state index is 13.0. The fourth-order valence-electron chi connectivity index (χ4n) is 4.41. The van der Waals surface area contributed by atoms with Crippen molar-refractivity contribution in [2.24, 2.45) is 0 Å². The van der Waals surface area contributed by atoms with Crippen molar-refractivity contribution in [2.75, 3.05) is 20.3 Å². The average Bonchev–Trinajstić information content (AvgIpc) is 3.42. The van der Waals surface area contributed by atoms with Crippen LogP contribution in [0.15, 0.2) is 97.1 Å². The van der Waals surface area contributed by atoms with Crippen LogP contribution >= 0.6 is 11.3 Å². The highest BCUT2D eigenvalue weighted by atomic mass is 32.1. The van der Waals surface area contributed by atoms with Crippen LogP contribution in [0.2, 0.25) is 0 Å². The number of fused-ring (bicyclic) bond motifs is 1. The fraction of sp³-hybridized carbons (Fsp3) is 0.206. The summed E-state index contributed by atoms with van der Waals surface area (Å²) in [6, 6.07) is 29.0. The first-order valence-corrected chi connectivity index (χ1v) is 14.7. The second-order valence-electron chi connectivity index (χ2n) is 9.76. The molecule has 4 aromatic carbocycles. The summed E-state index contributed by atoms with van der Waals surface area (Å²) in [4.78, 5) is 29.9. The van der Waals surface area contributed by atoms with E-state index in [1.807, 2.05) is 79.7 Å². The molecule has 5 rings (SSSR count). The molecule has 1 amide bonds. The van der Waals surface area contributed by atoms with Gasteiger partial charge in [0.2, 0.25) is 0 Å². The molecule has 1 heterocycles. The molecule has 0 aliphatic carbocycles. The number of rotatable bonds is 13. The summed E-state index contributed by atoms with van der Waals surface area (Å²) in [5.74, 6) is 1.14. The molecule has 1 aromatic heterocycles. The van der Waals surface area contributed by atoms with E-state index in [1.165, 1.54) is 7.11 Å². The summed E-state index contributed by atoms with van der Waals surface area (Å²) in [5, 5.41) is 3.81. The lowest BCUT2D eigenvalue weighted by Crippen LogP contribution is -2.43. The molecule has 0 radical (unpaired) electrons. The first kappa shape index (κ1) is 29.6. The molecule has 0 bridgehead atoms. The summed E-state index contributed by atoms with van der Waals surface area (Å²) in [6.45, 7) is 3.14. The zero-order valence-electron chi connectivity index (χ0n) is 23.9.